The van der Waals surface area contributed by atoms with E-state index in [2.05, 4.69) is 12.1 Å². The number of pyridine rings is 1. The zero-order valence-electron chi connectivity index (χ0n) is 24.6. The van der Waals surface area contributed by atoms with Crippen LogP contribution in [-0.2, 0) is 0 Å². The van der Waals surface area contributed by atoms with Crippen molar-refractivity contribution in [2.75, 3.05) is 7.05 Å². The number of rotatable bonds is 9. The molecular weight excluding hydrogens is 558 g/mol. The molecule has 0 saturated heterocycles. The summed E-state index contributed by atoms with van der Waals surface area (Å²) >= 11 is 0. The molecule has 2 heterocycles. The van der Waals surface area contributed by atoms with Gasteiger partial charge in [0.05, 0.1) is 11.8 Å². The summed E-state index contributed by atoms with van der Waals surface area (Å²) in [6, 6.07) is 48.5. The molecule has 0 radical (unpaired) electrons. The minimum atomic E-state index is 0.673. The van der Waals surface area contributed by atoms with E-state index < -0.39 is 0 Å². The van der Waals surface area contributed by atoms with Gasteiger partial charge in [-0.05, 0) is 77.9 Å². The highest BCUT2D eigenvalue weighted by Crippen LogP contribution is 2.36. The van der Waals surface area contributed by atoms with Crippen LogP contribution in [0.25, 0.3) is 22.4 Å². The second-order valence-electron chi connectivity index (χ2n) is 10.5. The third-order valence-corrected chi connectivity index (χ3v) is 7.10. The second-order valence-corrected chi connectivity index (χ2v) is 10.5. The van der Waals surface area contributed by atoms with E-state index in [4.69, 9.17) is 19.2 Å². The van der Waals surface area contributed by atoms with Gasteiger partial charge in [0, 0.05) is 23.9 Å². The highest BCUT2D eigenvalue weighted by atomic mass is 16.5. The summed E-state index contributed by atoms with van der Waals surface area (Å²) in [5, 5.41) is 0. The van der Waals surface area contributed by atoms with E-state index in [0.29, 0.717) is 11.5 Å². The topological polar surface area (TPSA) is 46.6 Å². The lowest BCUT2D eigenvalue weighted by Gasteiger charge is -2.13. The fraction of sp³-hybridized carbons (Fsp3) is 0.0256. The predicted octanol–water partition coefficient (Wildman–Crippen LogP) is 9.74. The van der Waals surface area contributed by atoms with Crippen molar-refractivity contribution in [2.24, 2.45) is 0 Å². The largest absolute Gasteiger partial charge is 0.495 e. The molecule has 0 atom stereocenters. The summed E-state index contributed by atoms with van der Waals surface area (Å²) in [6.07, 6.45) is 5.72. The Morgan fingerprint density at radius 2 is 1.09 bits per heavy atom. The maximum absolute atomic E-state index is 6.27. The fourth-order valence-corrected chi connectivity index (χ4v) is 4.97. The van der Waals surface area contributed by atoms with E-state index in [1.165, 1.54) is 0 Å². The van der Waals surface area contributed by atoms with Crippen molar-refractivity contribution in [1.29, 1.82) is 0 Å². The molecular formula is C39H29N3O3+2. The van der Waals surface area contributed by atoms with Gasteiger partial charge in [-0.25, -0.2) is 0 Å². The number of hydrogen-bond donors (Lipinski definition) is 0. The van der Waals surface area contributed by atoms with Gasteiger partial charge < -0.3 is 14.2 Å². The molecule has 1 aliphatic rings. The molecule has 0 N–H and O–H groups in total. The molecule has 1 aromatic heterocycles. The quantitative estimate of drug-likeness (QED) is 0.158. The lowest BCUT2D eigenvalue weighted by atomic mass is 10.0. The van der Waals surface area contributed by atoms with Crippen LogP contribution >= 0.6 is 0 Å². The minimum Gasteiger partial charge on any atom is -0.457 e. The van der Waals surface area contributed by atoms with Crippen LogP contribution in [0.15, 0.2) is 158 Å². The Hall–Kier alpha value is -6.23. The van der Waals surface area contributed by atoms with Crippen LogP contribution in [0.3, 0.4) is 0 Å². The number of aromatic nitrogens is 1. The summed E-state index contributed by atoms with van der Waals surface area (Å²) in [5.41, 5.74) is 4.64. The van der Waals surface area contributed by atoms with Crippen LogP contribution in [-0.4, -0.2) is 27.2 Å². The molecule has 216 valence electrons. The van der Waals surface area contributed by atoms with Gasteiger partial charge >= 0.3 is 6.01 Å². The van der Waals surface area contributed by atoms with Crippen molar-refractivity contribution in [3.05, 3.63) is 158 Å². The molecule has 1 aliphatic heterocycles. The Morgan fingerprint density at radius 3 is 1.76 bits per heavy atom. The van der Waals surface area contributed by atoms with E-state index in [1.54, 1.807) is 0 Å². The first-order chi connectivity index (χ1) is 22.1. The molecule has 45 heavy (non-hydrogen) atoms. The molecule has 7 rings (SSSR count). The van der Waals surface area contributed by atoms with Crippen molar-refractivity contribution in [2.45, 2.75) is 0 Å². The minimum absolute atomic E-state index is 0.673. The fourth-order valence-electron chi connectivity index (χ4n) is 4.97. The maximum Gasteiger partial charge on any atom is 0.495 e. The molecule has 5 aromatic carbocycles. The third kappa shape index (κ3) is 6.73. The maximum atomic E-state index is 6.27. The zero-order valence-corrected chi connectivity index (χ0v) is 24.6. The smallest absolute Gasteiger partial charge is 0.457 e. The highest BCUT2D eigenvalue weighted by Gasteiger charge is 2.17. The standard InChI is InChI=1S/C39H29N3O3/c1-41-20-21-42(28-41)32-11-9-17-36(26-32)45-35-16-8-10-30(22-35)39-25-29(18-19-40-39)31-23-37(43-33-12-4-2-5-13-33)27-38(24-31)44-34-14-6-3-7-15-34/h2-27H,1H3/q+2. The average molecular weight is 588 g/mol. The van der Waals surface area contributed by atoms with Gasteiger partial charge in [0.1, 0.15) is 34.5 Å². The third-order valence-electron chi connectivity index (χ3n) is 7.10. The molecule has 0 fully saturated rings. The van der Waals surface area contributed by atoms with Crippen LogP contribution in [0.2, 0.25) is 0 Å². The summed E-state index contributed by atoms with van der Waals surface area (Å²) < 4.78 is 22.5. The number of para-hydroxylation sites is 2. The number of nitrogens with zero attached hydrogens (tertiary/aromatic N) is 3. The number of ether oxygens (including phenoxy) is 3. The normalized spacial score (nSPS) is 11.9. The molecule has 6 heteroatoms. The second kappa shape index (κ2) is 12.6. The van der Waals surface area contributed by atoms with Crippen molar-refractivity contribution in [1.82, 2.24) is 4.98 Å². The highest BCUT2D eigenvalue weighted by molar-refractivity contribution is 5.73. The summed E-state index contributed by atoms with van der Waals surface area (Å²) in [7, 11) is 1.94. The van der Waals surface area contributed by atoms with Crippen molar-refractivity contribution >= 4 is 11.7 Å². The van der Waals surface area contributed by atoms with Crippen LogP contribution in [0.5, 0.6) is 34.5 Å². The SMILES string of the molecule is C[N+]1=C=[N+](c2cccc(Oc3cccc(-c4cc(-c5cc(Oc6ccccc6)cc(Oc6ccccc6)c5)ccn4)c3)c2)C=C1. The Bertz CT molecular complexity index is 2020. The van der Waals surface area contributed by atoms with Gasteiger partial charge in [-0.15, -0.1) is 0 Å². The average Bonchev–Trinajstić information content (AvgIpc) is 3.52. The van der Waals surface area contributed by atoms with E-state index in [0.717, 1.165) is 51.1 Å². The van der Waals surface area contributed by atoms with Gasteiger partial charge in [0.2, 0.25) is 11.9 Å². The van der Waals surface area contributed by atoms with E-state index in [-0.39, 0.29) is 0 Å². The van der Waals surface area contributed by atoms with E-state index in [1.807, 2.05) is 168 Å². The van der Waals surface area contributed by atoms with Gasteiger partial charge in [-0.3, -0.25) is 4.98 Å². The van der Waals surface area contributed by atoms with E-state index >= 15 is 0 Å². The first-order valence-electron chi connectivity index (χ1n) is 14.6. The Balaban J connectivity index is 1.18. The van der Waals surface area contributed by atoms with Crippen LogP contribution in [0, 0.1) is 0 Å². The number of benzene rings is 5. The molecule has 0 bridgehead atoms. The van der Waals surface area contributed by atoms with Crippen molar-refractivity contribution < 1.29 is 23.4 Å². The zero-order chi connectivity index (χ0) is 30.4. The molecule has 6 aromatic rings. The molecule has 0 spiro atoms. The molecule has 6 nitrogen and oxygen atoms in total. The predicted molar refractivity (Wildman–Crippen MR) is 175 cm³/mol. The van der Waals surface area contributed by atoms with Gasteiger partial charge in [0.15, 0.2) is 7.05 Å². The first-order valence-corrected chi connectivity index (χ1v) is 14.6. The van der Waals surface area contributed by atoms with Crippen LogP contribution in [0.1, 0.15) is 0 Å². The lowest BCUT2D eigenvalue weighted by Crippen LogP contribution is -1.94. The summed E-state index contributed by atoms with van der Waals surface area (Å²) in [5.74, 6) is 4.30. The summed E-state index contributed by atoms with van der Waals surface area (Å²) in [4.78, 5) is 4.69. The van der Waals surface area contributed by atoms with Crippen molar-refractivity contribution in [3.63, 3.8) is 0 Å². The molecule has 0 saturated carbocycles. The van der Waals surface area contributed by atoms with Gasteiger partial charge in [-0.2, -0.15) is 0 Å². The Kier molecular flexibility index (Phi) is 7.70. The van der Waals surface area contributed by atoms with E-state index in [9.17, 15) is 0 Å². The first kappa shape index (κ1) is 27.6. The lowest BCUT2D eigenvalue weighted by molar-refractivity contribution is -0.429. The molecule has 0 aliphatic carbocycles. The van der Waals surface area contributed by atoms with Crippen molar-refractivity contribution in [3.8, 4) is 56.9 Å². The monoisotopic (exact) mass is 587 g/mol. The Morgan fingerprint density at radius 1 is 0.489 bits per heavy atom. The van der Waals surface area contributed by atoms with Gasteiger partial charge in [-0.1, -0.05) is 63.7 Å². The number of hydrogen-bond acceptors (Lipinski definition) is 4. The van der Waals surface area contributed by atoms with Crippen LogP contribution < -0.4 is 14.2 Å². The van der Waals surface area contributed by atoms with Crippen LogP contribution in [0.4, 0.5) is 5.69 Å². The molecule has 0 unspecified atom stereocenters. The van der Waals surface area contributed by atoms with Gasteiger partial charge in [0.25, 0.3) is 6.20 Å². The summed E-state index contributed by atoms with van der Waals surface area (Å²) in [6.45, 7) is 0. The Labute approximate surface area is 261 Å². The molecule has 0 amide bonds.